The molecular weight excluding hydrogens is 250 g/mol. The van der Waals surface area contributed by atoms with Gasteiger partial charge in [0, 0.05) is 26.2 Å². The molecule has 1 aliphatic rings. The first kappa shape index (κ1) is 13.0. The van der Waals surface area contributed by atoms with Crippen molar-refractivity contribution >= 4 is 23.2 Å². The van der Waals surface area contributed by atoms with E-state index < -0.39 is 11.8 Å². The SMILES string of the molecule is CC(NC(=O)C(=O)N1CCNCC1)c1ccsc1. The van der Waals surface area contributed by atoms with Gasteiger partial charge >= 0.3 is 11.8 Å². The maximum atomic E-state index is 11.9. The Hall–Kier alpha value is -1.40. The zero-order valence-corrected chi connectivity index (χ0v) is 11.1. The van der Waals surface area contributed by atoms with Crippen molar-refractivity contribution in [3.8, 4) is 0 Å². The molecule has 2 N–H and O–H groups in total. The Morgan fingerprint density at radius 2 is 2.17 bits per heavy atom. The molecule has 0 radical (unpaired) electrons. The van der Waals surface area contributed by atoms with E-state index in [1.54, 1.807) is 16.2 Å². The summed E-state index contributed by atoms with van der Waals surface area (Å²) in [5.41, 5.74) is 1.03. The van der Waals surface area contributed by atoms with Gasteiger partial charge in [-0.3, -0.25) is 9.59 Å². The predicted molar refractivity (Wildman–Crippen MR) is 70.3 cm³/mol. The molecule has 1 unspecified atom stereocenters. The molecule has 1 aromatic heterocycles. The molecule has 5 nitrogen and oxygen atoms in total. The molecule has 0 aromatic carbocycles. The number of nitrogens with one attached hydrogen (secondary N) is 2. The summed E-state index contributed by atoms with van der Waals surface area (Å²) in [7, 11) is 0. The van der Waals surface area contributed by atoms with Crippen molar-refractivity contribution in [3.63, 3.8) is 0 Å². The second-order valence-electron chi connectivity index (χ2n) is 4.29. The van der Waals surface area contributed by atoms with Crippen molar-refractivity contribution in [1.82, 2.24) is 15.5 Å². The van der Waals surface area contributed by atoms with Crippen molar-refractivity contribution in [1.29, 1.82) is 0 Å². The molecule has 2 amide bonds. The maximum Gasteiger partial charge on any atom is 0.311 e. The van der Waals surface area contributed by atoms with Gasteiger partial charge in [0.05, 0.1) is 6.04 Å². The van der Waals surface area contributed by atoms with E-state index in [0.717, 1.165) is 18.7 Å². The molecule has 1 saturated heterocycles. The zero-order valence-electron chi connectivity index (χ0n) is 10.3. The van der Waals surface area contributed by atoms with Crippen LogP contribution in [0.5, 0.6) is 0 Å². The van der Waals surface area contributed by atoms with Crippen LogP contribution in [0.25, 0.3) is 0 Å². The lowest BCUT2D eigenvalue weighted by Crippen LogP contribution is -2.51. The van der Waals surface area contributed by atoms with Crippen LogP contribution in [0.15, 0.2) is 16.8 Å². The zero-order chi connectivity index (χ0) is 13.0. The van der Waals surface area contributed by atoms with Crippen LogP contribution in [-0.4, -0.2) is 42.9 Å². The quantitative estimate of drug-likeness (QED) is 0.761. The molecule has 0 spiro atoms. The number of hydrogen-bond acceptors (Lipinski definition) is 4. The van der Waals surface area contributed by atoms with Crippen LogP contribution in [0.3, 0.4) is 0 Å². The first-order chi connectivity index (χ1) is 8.68. The number of piperazine rings is 1. The number of hydrogen-bond donors (Lipinski definition) is 2. The average molecular weight is 267 g/mol. The Bertz CT molecular complexity index is 413. The van der Waals surface area contributed by atoms with E-state index in [1.807, 2.05) is 23.8 Å². The topological polar surface area (TPSA) is 61.4 Å². The van der Waals surface area contributed by atoms with E-state index in [9.17, 15) is 9.59 Å². The fourth-order valence-corrected chi connectivity index (χ4v) is 2.63. The van der Waals surface area contributed by atoms with Gasteiger partial charge in [-0.05, 0) is 29.3 Å². The second kappa shape index (κ2) is 5.97. The van der Waals surface area contributed by atoms with Crippen molar-refractivity contribution in [2.24, 2.45) is 0 Å². The van der Waals surface area contributed by atoms with E-state index in [4.69, 9.17) is 0 Å². The predicted octanol–water partition coefficient (Wildman–Crippen LogP) is 0.357. The van der Waals surface area contributed by atoms with Gasteiger partial charge in [-0.25, -0.2) is 0 Å². The van der Waals surface area contributed by atoms with Crippen molar-refractivity contribution in [3.05, 3.63) is 22.4 Å². The Morgan fingerprint density at radius 1 is 1.44 bits per heavy atom. The van der Waals surface area contributed by atoms with Crippen LogP contribution in [-0.2, 0) is 9.59 Å². The molecule has 1 aromatic rings. The highest BCUT2D eigenvalue weighted by Gasteiger charge is 2.24. The van der Waals surface area contributed by atoms with E-state index in [-0.39, 0.29) is 6.04 Å². The Kier molecular flexibility index (Phi) is 4.33. The molecule has 2 rings (SSSR count). The van der Waals surface area contributed by atoms with Crippen LogP contribution >= 0.6 is 11.3 Å². The van der Waals surface area contributed by atoms with E-state index in [0.29, 0.717) is 13.1 Å². The first-order valence-corrected chi connectivity index (χ1v) is 6.95. The average Bonchev–Trinajstić information content (AvgIpc) is 2.92. The highest BCUT2D eigenvalue weighted by molar-refractivity contribution is 7.07. The molecule has 0 bridgehead atoms. The Labute approximate surface area is 110 Å². The summed E-state index contributed by atoms with van der Waals surface area (Å²) in [6.45, 7) is 4.57. The van der Waals surface area contributed by atoms with Gasteiger partial charge in [0.1, 0.15) is 0 Å². The van der Waals surface area contributed by atoms with Crippen molar-refractivity contribution < 1.29 is 9.59 Å². The van der Waals surface area contributed by atoms with Crippen LogP contribution in [0.2, 0.25) is 0 Å². The van der Waals surface area contributed by atoms with Crippen LogP contribution in [0, 0.1) is 0 Å². The normalized spacial score (nSPS) is 17.3. The van der Waals surface area contributed by atoms with E-state index >= 15 is 0 Å². The number of nitrogens with zero attached hydrogens (tertiary/aromatic N) is 1. The molecule has 1 aliphatic heterocycles. The van der Waals surface area contributed by atoms with Gasteiger partial charge < -0.3 is 15.5 Å². The minimum atomic E-state index is -0.518. The van der Waals surface area contributed by atoms with Gasteiger partial charge in [-0.1, -0.05) is 0 Å². The minimum absolute atomic E-state index is 0.129. The van der Waals surface area contributed by atoms with Gasteiger partial charge in [0.25, 0.3) is 0 Å². The summed E-state index contributed by atoms with van der Waals surface area (Å²) < 4.78 is 0. The second-order valence-corrected chi connectivity index (χ2v) is 5.07. The minimum Gasteiger partial charge on any atom is -0.341 e. The van der Waals surface area contributed by atoms with Crippen molar-refractivity contribution in [2.75, 3.05) is 26.2 Å². The molecule has 1 atom stereocenters. The smallest absolute Gasteiger partial charge is 0.311 e. The summed E-state index contributed by atoms with van der Waals surface area (Å²) >= 11 is 1.58. The van der Waals surface area contributed by atoms with E-state index in [1.165, 1.54) is 0 Å². The third-order valence-electron chi connectivity index (χ3n) is 2.99. The number of amides is 2. The lowest BCUT2D eigenvalue weighted by atomic mass is 10.2. The lowest BCUT2D eigenvalue weighted by molar-refractivity contribution is -0.146. The van der Waals surface area contributed by atoms with Gasteiger partial charge in [-0.2, -0.15) is 11.3 Å². The number of rotatable bonds is 2. The highest BCUT2D eigenvalue weighted by Crippen LogP contribution is 2.15. The van der Waals surface area contributed by atoms with Crippen molar-refractivity contribution in [2.45, 2.75) is 13.0 Å². The Balaban J connectivity index is 1.89. The molecule has 0 aliphatic carbocycles. The summed E-state index contributed by atoms with van der Waals surface area (Å²) in [5, 5.41) is 9.81. The van der Waals surface area contributed by atoms with Crippen LogP contribution in [0.4, 0.5) is 0 Å². The highest BCUT2D eigenvalue weighted by atomic mass is 32.1. The number of carbonyl (C=O) groups is 2. The summed E-state index contributed by atoms with van der Waals surface area (Å²) in [6.07, 6.45) is 0. The standard InChI is InChI=1S/C12H17N3O2S/c1-9(10-2-7-18-8-10)14-11(16)12(17)15-5-3-13-4-6-15/h2,7-9,13H,3-6H2,1H3,(H,14,16). The summed E-state index contributed by atoms with van der Waals surface area (Å²) in [4.78, 5) is 25.3. The lowest BCUT2D eigenvalue weighted by Gasteiger charge is -2.27. The monoisotopic (exact) mass is 267 g/mol. The third-order valence-corrected chi connectivity index (χ3v) is 3.69. The van der Waals surface area contributed by atoms with Crippen LogP contribution < -0.4 is 10.6 Å². The largest absolute Gasteiger partial charge is 0.341 e. The maximum absolute atomic E-state index is 11.9. The fourth-order valence-electron chi connectivity index (χ4n) is 1.87. The molecule has 6 heteroatoms. The van der Waals surface area contributed by atoms with Crippen LogP contribution in [0.1, 0.15) is 18.5 Å². The molecule has 1 fully saturated rings. The Morgan fingerprint density at radius 3 is 2.78 bits per heavy atom. The number of carbonyl (C=O) groups excluding carboxylic acids is 2. The van der Waals surface area contributed by atoms with E-state index in [2.05, 4.69) is 10.6 Å². The molecule has 0 saturated carbocycles. The molecule has 98 valence electrons. The third kappa shape index (κ3) is 3.08. The van der Waals surface area contributed by atoms with Gasteiger partial charge in [0.15, 0.2) is 0 Å². The first-order valence-electron chi connectivity index (χ1n) is 6.01. The summed E-state index contributed by atoms with van der Waals surface area (Å²) in [6, 6.07) is 1.82. The molecule has 2 heterocycles. The number of thiophene rings is 1. The fraction of sp³-hybridized carbons (Fsp3) is 0.500. The summed E-state index contributed by atoms with van der Waals surface area (Å²) in [5.74, 6) is -0.950. The molecule has 18 heavy (non-hydrogen) atoms. The molecular formula is C12H17N3O2S. The van der Waals surface area contributed by atoms with Gasteiger partial charge in [0.2, 0.25) is 0 Å². The van der Waals surface area contributed by atoms with Gasteiger partial charge in [-0.15, -0.1) is 0 Å².